The monoisotopic (exact) mass is 311 g/mol. The molecule has 2 aromatic rings. The molecule has 0 saturated heterocycles. The summed E-state index contributed by atoms with van der Waals surface area (Å²) in [6.45, 7) is 1.74. The summed E-state index contributed by atoms with van der Waals surface area (Å²) in [5, 5.41) is 2.75. The van der Waals surface area contributed by atoms with E-state index in [4.69, 9.17) is 0 Å². The van der Waals surface area contributed by atoms with Crippen molar-refractivity contribution in [1.82, 2.24) is 0 Å². The molecule has 21 heavy (non-hydrogen) atoms. The van der Waals surface area contributed by atoms with Gasteiger partial charge < -0.3 is 5.32 Å². The highest BCUT2D eigenvalue weighted by Gasteiger charge is 2.13. The highest BCUT2D eigenvalue weighted by molar-refractivity contribution is 7.90. The molecule has 0 aromatic heterocycles. The number of rotatable bonds is 4. The van der Waals surface area contributed by atoms with Gasteiger partial charge in [0, 0.05) is 12.3 Å². The Morgan fingerprint density at radius 2 is 1.52 bits per heavy atom. The van der Waals surface area contributed by atoms with Crippen molar-refractivity contribution < 1.29 is 17.2 Å². The number of halogens is 2. The number of benzene rings is 2. The van der Waals surface area contributed by atoms with Crippen LogP contribution in [0.3, 0.4) is 0 Å². The smallest absolute Gasteiger partial charge is 0.175 e. The van der Waals surface area contributed by atoms with Gasteiger partial charge in [-0.3, -0.25) is 0 Å². The summed E-state index contributed by atoms with van der Waals surface area (Å²) in [6.07, 6.45) is 1.12. The van der Waals surface area contributed by atoms with E-state index in [1.165, 1.54) is 30.3 Å². The summed E-state index contributed by atoms with van der Waals surface area (Å²) in [6, 6.07) is 9.45. The van der Waals surface area contributed by atoms with Gasteiger partial charge in [0.05, 0.1) is 4.90 Å². The average Bonchev–Trinajstić information content (AvgIpc) is 2.42. The van der Waals surface area contributed by atoms with Crippen LogP contribution in [0.15, 0.2) is 47.4 Å². The van der Waals surface area contributed by atoms with Gasteiger partial charge in [0.15, 0.2) is 9.84 Å². The van der Waals surface area contributed by atoms with Crippen molar-refractivity contribution in [2.75, 3.05) is 11.6 Å². The fourth-order valence-electron chi connectivity index (χ4n) is 1.94. The average molecular weight is 311 g/mol. The van der Waals surface area contributed by atoms with Gasteiger partial charge in [-0.25, -0.2) is 17.2 Å². The van der Waals surface area contributed by atoms with E-state index < -0.39 is 21.5 Å². The third-order valence-electron chi connectivity index (χ3n) is 3.13. The summed E-state index contributed by atoms with van der Waals surface area (Å²) < 4.78 is 49.9. The predicted molar refractivity (Wildman–Crippen MR) is 77.9 cm³/mol. The molecule has 0 spiro atoms. The third kappa shape index (κ3) is 3.58. The number of hydrogen-bond acceptors (Lipinski definition) is 3. The summed E-state index contributed by atoms with van der Waals surface area (Å²) in [7, 11) is -3.26. The molecule has 1 N–H and O–H groups in total. The van der Waals surface area contributed by atoms with Crippen LogP contribution in [-0.4, -0.2) is 14.7 Å². The summed E-state index contributed by atoms with van der Waals surface area (Å²) in [5.41, 5.74) is 0.530. The Morgan fingerprint density at radius 3 is 2.00 bits per heavy atom. The quantitative estimate of drug-likeness (QED) is 0.939. The van der Waals surface area contributed by atoms with Gasteiger partial charge in [-0.05, 0) is 36.8 Å². The van der Waals surface area contributed by atoms with Crippen molar-refractivity contribution >= 4 is 15.5 Å². The number of para-hydroxylation sites is 1. The van der Waals surface area contributed by atoms with Crippen molar-refractivity contribution in [1.29, 1.82) is 0 Å². The minimum atomic E-state index is -3.26. The van der Waals surface area contributed by atoms with E-state index >= 15 is 0 Å². The molecule has 0 bridgehead atoms. The Balaban J connectivity index is 2.23. The maximum atomic E-state index is 13.6. The van der Waals surface area contributed by atoms with Crippen molar-refractivity contribution in [2.24, 2.45) is 0 Å². The van der Waals surface area contributed by atoms with Gasteiger partial charge in [-0.2, -0.15) is 0 Å². The van der Waals surface area contributed by atoms with E-state index in [0.717, 1.165) is 11.8 Å². The molecular formula is C15H15F2NO2S. The van der Waals surface area contributed by atoms with Gasteiger partial charge in [0.25, 0.3) is 0 Å². The van der Waals surface area contributed by atoms with Gasteiger partial charge in [0.2, 0.25) is 0 Å². The van der Waals surface area contributed by atoms with E-state index in [1.807, 2.05) is 0 Å². The number of nitrogens with one attached hydrogen (secondary N) is 1. The van der Waals surface area contributed by atoms with Crippen LogP contribution in [-0.2, 0) is 9.84 Å². The second-order valence-electron chi connectivity index (χ2n) is 4.80. The van der Waals surface area contributed by atoms with E-state index in [1.54, 1.807) is 19.1 Å². The minimum absolute atomic E-state index is 0.197. The summed E-state index contributed by atoms with van der Waals surface area (Å²) in [5.74, 6) is -1.34. The molecule has 2 aromatic carbocycles. The first-order valence-corrected chi connectivity index (χ1v) is 8.19. The molecule has 3 nitrogen and oxygen atoms in total. The Hall–Kier alpha value is -1.95. The van der Waals surface area contributed by atoms with Crippen LogP contribution in [0.25, 0.3) is 0 Å². The first-order valence-electron chi connectivity index (χ1n) is 6.29. The second-order valence-corrected chi connectivity index (χ2v) is 6.82. The van der Waals surface area contributed by atoms with Crippen LogP contribution in [0.4, 0.5) is 14.5 Å². The Labute approximate surface area is 122 Å². The van der Waals surface area contributed by atoms with E-state index in [2.05, 4.69) is 5.32 Å². The number of sulfone groups is 1. The molecule has 6 heteroatoms. The maximum absolute atomic E-state index is 13.6. The SMILES string of the molecule is CC(Nc1c(F)cccc1F)c1ccc(S(C)(=O)=O)cc1. The van der Waals surface area contributed by atoms with Crippen LogP contribution in [0.2, 0.25) is 0 Å². The Bertz CT molecular complexity index is 723. The minimum Gasteiger partial charge on any atom is -0.374 e. The summed E-state index contributed by atoms with van der Waals surface area (Å²) in [4.78, 5) is 0.204. The van der Waals surface area contributed by atoms with E-state index in [9.17, 15) is 17.2 Å². The lowest BCUT2D eigenvalue weighted by molar-refractivity contribution is 0.584. The van der Waals surface area contributed by atoms with Crippen molar-refractivity contribution in [3.63, 3.8) is 0 Å². The highest BCUT2D eigenvalue weighted by Crippen LogP contribution is 2.25. The van der Waals surface area contributed by atoms with Crippen LogP contribution in [0, 0.1) is 11.6 Å². The zero-order valence-electron chi connectivity index (χ0n) is 11.6. The fourth-order valence-corrected chi connectivity index (χ4v) is 2.57. The van der Waals surface area contributed by atoms with Crippen LogP contribution in [0.1, 0.15) is 18.5 Å². The molecular weight excluding hydrogens is 296 g/mol. The largest absolute Gasteiger partial charge is 0.374 e. The lowest BCUT2D eigenvalue weighted by atomic mass is 10.1. The molecule has 0 amide bonds. The molecule has 0 aliphatic heterocycles. The van der Waals surface area contributed by atoms with E-state index in [-0.39, 0.29) is 16.6 Å². The zero-order chi connectivity index (χ0) is 15.6. The van der Waals surface area contributed by atoms with E-state index in [0.29, 0.717) is 0 Å². The molecule has 0 aliphatic carbocycles. The molecule has 0 fully saturated rings. The van der Waals surface area contributed by atoms with Gasteiger partial charge in [-0.15, -0.1) is 0 Å². The first kappa shape index (κ1) is 15.4. The van der Waals surface area contributed by atoms with Gasteiger partial charge in [-0.1, -0.05) is 18.2 Å². The predicted octanol–water partition coefficient (Wildman–Crippen LogP) is 3.54. The molecule has 1 unspecified atom stereocenters. The molecule has 1 atom stereocenters. The molecule has 112 valence electrons. The van der Waals surface area contributed by atoms with Crippen molar-refractivity contribution in [2.45, 2.75) is 17.9 Å². The van der Waals surface area contributed by atoms with Gasteiger partial charge >= 0.3 is 0 Å². The van der Waals surface area contributed by atoms with Crippen LogP contribution >= 0.6 is 0 Å². The van der Waals surface area contributed by atoms with Crippen LogP contribution in [0.5, 0.6) is 0 Å². The fraction of sp³-hybridized carbons (Fsp3) is 0.200. The Morgan fingerprint density at radius 1 is 1.00 bits per heavy atom. The first-order chi connectivity index (χ1) is 9.79. The summed E-state index contributed by atoms with van der Waals surface area (Å²) >= 11 is 0. The molecule has 2 rings (SSSR count). The Kier molecular flexibility index (Phi) is 4.27. The third-order valence-corrected chi connectivity index (χ3v) is 4.26. The molecule has 0 heterocycles. The normalized spacial score (nSPS) is 13.0. The zero-order valence-corrected chi connectivity index (χ0v) is 12.4. The van der Waals surface area contributed by atoms with Crippen molar-refractivity contribution in [3.8, 4) is 0 Å². The lowest BCUT2D eigenvalue weighted by Crippen LogP contribution is -2.10. The maximum Gasteiger partial charge on any atom is 0.175 e. The topological polar surface area (TPSA) is 46.2 Å². The van der Waals surface area contributed by atoms with Gasteiger partial charge in [0.1, 0.15) is 17.3 Å². The van der Waals surface area contributed by atoms with Crippen molar-refractivity contribution in [3.05, 3.63) is 59.7 Å². The number of hydrogen-bond donors (Lipinski definition) is 1. The number of anilines is 1. The van der Waals surface area contributed by atoms with Crippen LogP contribution < -0.4 is 5.32 Å². The molecule has 0 aliphatic rings. The lowest BCUT2D eigenvalue weighted by Gasteiger charge is -2.17. The highest BCUT2D eigenvalue weighted by atomic mass is 32.2. The standard InChI is InChI=1S/C15H15F2NO2S/c1-10(18-15-13(16)4-3-5-14(15)17)11-6-8-12(9-7-11)21(2,19)20/h3-10,18H,1-2H3. The second kappa shape index (κ2) is 5.81. The molecule has 0 saturated carbocycles. The molecule has 0 radical (unpaired) electrons.